The van der Waals surface area contributed by atoms with Crippen molar-refractivity contribution in [3.05, 3.63) is 72.2 Å². The molecule has 2 rings (SSSR count). The van der Waals surface area contributed by atoms with Gasteiger partial charge in [0.05, 0.1) is 13.2 Å². The van der Waals surface area contributed by atoms with Crippen LogP contribution in [0.2, 0.25) is 0 Å². The Hall–Kier alpha value is -2.19. The molecule has 2 aliphatic carbocycles. The summed E-state index contributed by atoms with van der Waals surface area (Å²) < 4.78 is 0. The third-order valence-electron chi connectivity index (χ3n) is 2.87. The van der Waals surface area contributed by atoms with Gasteiger partial charge in [0.15, 0.2) is 11.6 Å². The molecule has 7 heteroatoms. The average Bonchev–Trinajstić information content (AvgIpc) is 2.59. The van der Waals surface area contributed by atoms with Crippen molar-refractivity contribution in [2.75, 3.05) is 26.3 Å². The molecule has 0 saturated heterocycles. The van der Waals surface area contributed by atoms with Crippen LogP contribution >= 0.6 is 0 Å². The van der Waals surface area contributed by atoms with E-state index >= 15 is 0 Å². The van der Waals surface area contributed by atoms with Crippen LogP contribution in [0.4, 0.5) is 0 Å². The standard InChI is InChI=1S/2C9H11NO2.Co/c2*11-6-5-10-7-8-3-1-2-4-9(8)12;/h2*1-4,7,10-11H,5-6H2;/b2*8-7-;. The van der Waals surface area contributed by atoms with Crippen LogP contribution in [0, 0.1) is 0 Å². The molecule has 0 spiro atoms. The van der Waals surface area contributed by atoms with Crippen molar-refractivity contribution in [2.45, 2.75) is 0 Å². The molecule has 1 radical (unpaired) electrons. The van der Waals surface area contributed by atoms with E-state index in [-0.39, 0.29) is 41.6 Å². The number of rotatable bonds is 6. The maximum Gasteiger partial charge on any atom is 0.187 e. The zero-order valence-corrected chi connectivity index (χ0v) is 14.7. The van der Waals surface area contributed by atoms with Gasteiger partial charge in [0.2, 0.25) is 0 Å². The topological polar surface area (TPSA) is 98.7 Å². The van der Waals surface area contributed by atoms with E-state index < -0.39 is 0 Å². The summed E-state index contributed by atoms with van der Waals surface area (Å²) in [4.78, 5) is 22.2. The Morgan fingerprint density at radius 1 is 0.720 bits per heavy atom. The van der Waals surface area contributed by atoms with E-state index in [9.17, 15) is 9.59 Å². The van der Waals surface area contributed by atoms with Gasteiger partial charge >= 0.3 is 0 Å². The van der Waals surface area contributed by atoms with Crippen LogP contribution in [0.1, 0.15) is 0 Å². The van der Waals surface area contributed by atoms with Gasteiger partial charge in [0.25, 0.3) is 0 Å². The summed E-state index contributed by atoms with van der Waals surface area (Å²) in [6.45, 7) is 1.07. The SMILES string of the molecule is O=C1C=CC=C/C1=C/NCCO.O=C1C=CC=C/C1=C/NCCO.[Co]. The number of hydrogen-bond acceptors (Lipinski definition) is 6. The van der Waals surface area contributed by atoms with Gasteiger partial charge < -0.3 is 20.8 Å². The van der Waals surface area contributed by atoms with Gasteiger partial charge in [-0.15, -0.1) is 0 Å². The molecule has 0 aromatic heterocycles. The first-order chi connectivity index (χ1) is 11.7. The summed E-state index contributed by atoms with van der Waals surface area (Å²) in [6.07, 6.45) is 16.7. The molecule has 0 amide bonds. The number of aliphatic hydroxyl groups is 2. The fourth-order valence-electron chi connectivity index (χ4n) is 1.69. The first kappa shape index (κ1) is 22.8. The van der Waals surface area contributed by atoms with Gasteiger partial charge in [-0.2, -0.15) is 0 Å². The Morgan fingerprint density at radius 3 is 1.40 bits per heavy atom. The smallest absolute Gasteiger partial charge is 0.187 e. The van der Waals surface area contributed by atoms with E-state index in [2.05, 4.69) is 10.6 Å². The van der Waals surface area contributed by atoms with Crippen molar-refractivity contribution in [2.24, 2.45) is 0 Å². The third-order valence-corrected chi connectivity index (χ3v) is 2.87. The number of carbonyl (C=O) groups is 2. The molecule has 0 atom stereocenters. The van der Waals surface area contributed by atoms with Crippen LogP contribution in [0.5, 0.6) is 0 Å². The summed E-state index contributed by atoms with van der Waals surface area (Å²) in [5.74, 6) is -0.0223. The second-order valence-corrected chi connectivity index (χ2v) is 4.72. The van der Waals surface area contributed by atoms with Crippen molar-refractivity contribution in [1.29, 1.82) is 0 Å². The van der Waals surface area contributed by atoms with E-state index in [1.807, 2.05) is 0 Å². The predicted octanol–water partition coefficient (Wildman–Crippen LogP) is 0.292. The van der Waals surface area contributed by atoms with E-state index in [1.54, 1.807) is 48.9 Å². The first-order valence-electron chi connectivity index (χ1n) is 7.56. The minimum atomic E-state index is -0.0112. The van der Waals surface area contributed by atoms with E-state index in [1.165, 1.54) is 12.2 Å². The third kappa shape index (κ3) is 9.63. The van der Waals surface area contributed by atoms with Crippen molar-refractivity contribution in [3.63, 3.8) is 0 Å². The zero-order chi connectivity index (χ0) is 17.6. The summed E-state index contributed by atoms with van der Waals surface area (Å²) in [5.41, 5.74) is 1.23. The molecule has 25 heavy (non-hydrogen) atoms. The predicted molar refractivity (Wildman–Crippen MR) is 92.9 cm³/mol. The summed E-state index contributed by atoms with van der Waals surface area (Å²) >= 11 is 0. The molecule has 0 saturated carbocycles. The maximum atomic E-state index is 11.1. The summed E-state index contributed by atoms with van der Waals surface area (Å²) in [5, 5.41) is 22.5. The molecule has 0 bridgehead atoms. The molecule has 4 N–H and O–H groups in total. The van der Waals surface area contributed by atoms with E-state index in [0.717, 1.165) is 0 Å². The zero-order valence-electron chi connectivity index (χ0n) is 13.6. The summed E-state index contributed by atoms with van der Waals surface area (Å²) in [7, 11) is 0. The van der Waals surface area contributed by atoms with E-state index in [4.69, 9.17) is 10.2 Å². The number of ketones is 2. The quantitative estimate of drug-likeness (QED) is 0.385. The van der Waals surface area contributed by atoms with Crippen LogP contribution in [0.3, 0.4) is 0 Å². The van der Waals surface area contributed by atoms with Crippen molar-refractivity contribution in [1.82, 2.24) is 10.6 Å². The van der Waals surface area contributed by atoms with Gasteiger partial charge in [-0.25, -0.2) is 0 Å². The average molecular weight is 389 g/mol. The molecule has 6 nitrogen and oxygen atoms in total. The molecule has 0 unspecified atom stereocenters. The summed E-state index contributed by atoms with van der Waals surface area (Å²) in [6, 6.07) is 0. The Bertz CT molecular complexity index is 563. The van der Waals surface area contributed by atoms with Crippen LogP contribution in [-0.2, 0) is 26.4 Å². The molecule has 0 aromatic rings. The Labute approximate surface area is 157 Å². The Kier molecular flexibility index (Phi) is 12.9. The molecule has 0 aromatic carbocycles. The molecular weight excluding hydrogens is 367 g/mol. The first-order valence-corrected chi connectivity index (χ1v) is 7.56. The molecular formula is C18H22CoN2O4. The van der Waals surface area contributed by atoms with Gasteiger partial charge in [-0.3, -0.25) is 9.59 Å². The van der Waals surface area contributed by atoms with Gasteiger partial charge in [-0.1, -0.05) is 24.3 Å². The fraction of sp³-hybridized carbons (Fsp3) is 0.222. The molecule has 0 aliphatic heterocycles. The molecule has 2 aliphatic rings. The Balaban J connectivity index is 0.000000443. The van der Waals surface area contributed by atoms with Gasteiger partial charge in [0.1, 0.15) is 0 Å². The normalized spacial score (nSPS) is 18.0. The number of carbonyl (C=O) groups excluding carboxylic acids is 2. The second kappa shape index (κ2) is 14.2. The number of hydrogen-bond donors (Lipinski definition) is 4. The van der Waals surface area contributed by atoms with Crippen LogP contribution in [0.25, 0.3) is 0 Å². The van der Waals surface area contributed by atoms with E-state index in [0.29, 0.717) is 24.2 Å². The number of nitrogens with one attached hydrogen (secondary N) is 2. The van der Waals surface area contributed by atoms with Crippen molar-refractivity contribution < 1.29 is 36.6 Å². The maximum absolute atomic E-state index is 11.1. The molecule has 0 fully saturated rings. The fourth-order valence-corrected chi connectivity index (χ4v) is 1.69. The van der Waals surface area contributed by atoms with Crippen LogP contribution in [0.15, 0.2) is 72.2 Å². The number of allylic oxidation sites excluding steroid dienone is 10. The molecule has 0 heterocycles. The minimum absolute atomic E-state index is 0. The minimum Gasteiger partial charge on any atom is -0.395 e. The van der Waals surface area contributed by atoms with Crippen LogP contribution in [-0.4, -0.2) is 48.1 Å². The van der Waals surface area contributed by atoms with Crippen molar-refractivity contribution in [3.8, 4) is 0 Å². The van der Waals surface area contributed by atoms with Crippen molar-refractivity contribution >= 4 is 11.6 Å². The van der Waals surface area contributed by atoms with Gasteiger partial charge in [0, 0.05) is 53.4 Å². The second-order valence-electron chi connectivity index (χ2n) is 4.72. The monoisotopic (exact) mass is 389 g/mol. The Morgan fingerprint density at radius 2 is 1.08 bits per heavy atom. The van der Waals surface area contributed by atoms with Crippen LogP contribution < -0.4 is 10.6 Å². The van der Waals surface area contributed by atoms with Gasteiger partial charge in [-0.05, 0) is 24.3 Å². The largest absolute Gasteiger partial charge is 0.395 e. The molecule has 137 valence electrons. The number of aliphatic hydroxyl groups excluding tert-OH is 2.